The van der Waals surface area contributed by atoms with Gasteiger partial charge >= 0.3 is 0 Å². The Kier molecular flexibility index (Phi) is 5.67. The fraction of sp³-hybridized carbons (Fsp3) is 0.471. The topological polar surface area (TPSA) is 87.1 Å². The van der Waals surface area contributed by atoms with Gasteiger partial charge in [-0.15, -0.1) is 4.40 Å². The summed E-state index contributed by atoms with van der Waals surface area (Å²) in [5.74, 6) is 0.456. The smallest absolute Gasteiger partial charge is 0.285 e. The maximum Gasteiger partial charge on any atom is 0.285 e. The van der Waals surface area contributed by atoms with Gasteiger partial charge in [0.15, 0.2) is 0 Å². The van der Waals surface area contributed by atoms with Gasteiger partial charge in [0.1, 0.15) is 10.7 Å². The van der Waals surface area contributed by atoms with Gasteiger partial charge in [0.05, 0.1) is 5.75 Å². The molecule has 1 saturated heterocycles. The van der Waals surface area contributed by atoms with Gasteiger partial charge in [-0.05, 0) is 38.0 Å². The molecule has 0 aromatic heterocycles. The van der Waals surface area contributed by atoms with Crippen molar-refractivity contribution < 1.29 is 16.8 Å². The first kappa shape index (κ1) is 20.3. The number of halogens is 1. The molecule has 1 fully saturated rings. The van der Waals surface area contributed by atoms with Crippen LogP contribution in [0.1, 0.15) is 25.8 Å². The zero-order chi connectivity index (χ0) is 19.8. The van der Waals surface area contributed by atoms with Crippen LogP contribution < -0.4 is 0 Å². The monoisotopic (exact) mass is 431 g/mol. The highest BCUT2D eigenvalue weighted by Gasteiger charge is 2.34. The van der Waals surface area contributed by atoms with Gasteiger partial charge in [-0.2, -0.15) is 8.42 Å². The molecule has 0 N–H and O–H groups in total. The van der Waals surface area contributed by atoms with Crippen molar-refractivity contribution in [2.45, 2.75) is 20.3 Å². The molecule has 0 atom stereocenters. The predicted molar refractivity (Wildman–Crippen MR) is 108 cm³/mol. The van der Waals surface area contributed by atoms with Crippen LogP contribution >= 0.6 is 11.6 Å². The van der Waals surface area contributed by atoms with Crippen molar-refractivity contribution in [3.8, 4) is 0 Å². The van der Waals surface area contributed by atoms with Gasteiger partial charge in [-0.3, -0.25) is 0 Å². The Morgan fingerprint density at radius 3 is 2.41 bits per heavy atom. The second-order valence-corrected chi connectivity index (χ2v) is 10.7. The van der Waals surface area contributed by atoms with Gasteiger partial charge in [-0.1, -0.05) is 23.7 Å². The summed E-state index contributed by atoms with van der Waals surface area (Å²) in [6.07, 6.45) is 0.613. The van der Waals surface area contributed by atoms with Gasteiger partial charge in [0.25, 0.3) is 10.0 Å². The van der Waals surface area contributed by atoms with Crippen molar-refractivity contribution in [3.05, 3.63) is 40.4 Å². The number of hydrogen-bond donors (Lipinski definition) is 0. The van der Waals surface area contributed by atoms with E-state index in [4.69, 9.17) is 11.6 Å². The molecule has 27 heavy (non-hydrogen) atoms. The molecule has 148 valence electrons. The number of sulfonamides is 2. The minimum Gasteiger partial charge on any atom is -0.354 e. The first-order valence-electron chi connectivity index (χ1n) is 8.70. The van der Waals surface area contributed by atoms with E-state index in [1.165, 1.54) is 4.31 Å². The number of hydrogen-bond acceptors (Lipinski definition) is 5. The zero-order valence-corrected chi connectivity index (χ0v) is 17.6. The Labute approximate surface area is 165 Å². The van der Waals surface area contributed by atoms with E-state index in [0.717, 1.165) is 0 Å². The van der Waals surface area contributed by atoms with E-state index in [2.05, 4.69) is 4.40 Å². The lowest BCUT2D eigenvalue weighted by Crippen LogP contribution is -2.38. The van der Waals surface area contributed by atoms with Crippen LogP contribution in [0.5, 0.6) is 0 Å². The van der Waals surface area contributed by atoms with Crippen molar-refractivity contribution in [1.29, 1.82) is 0 Å². The van der Waals surface area contributed by atoms with E-state index in [1.807, 2.05) is 4.90 Å². The third-order valence-electron chi connectivity index (χ3n) is 4.76. The summed E-state index contributed by atoms with van der Waals surface area (Å²) in [7, 11) is -7.07. The van der Waals surface area contributed by atoms with E-state index in [-0.39, 0.29) is 10.7 Å². The van der Waals surface area contributed by atoms with Crippen LogP contribution in [0.25, 0.3) is 4.91 Å². The molecule has 0 amide bonds. The van der Waals surface area contributed by atoms with Crippen molar-refractivity contribution in [2.24, 2.45) is 4.40 Å². The quantitative estimate of drug-likeness (QED) is 0.731. The highest BCUT2D eigenvalue weighted by molar-refractivity contribution is 8.00. The van der Waals surface area contributed by atoms with Crippen LogP contribution in [0, 0.1) is 0 Å². The molecule has 0 aliphatic carbocycles. The fourth-order valence-electron chi connectivity index (χ4n) is 3.35. The van der Waals surface area contributed by atoms with Crippen LogP contribution in [0.2, 0.25) is 5.02 Å². The predicted octanol–water partition coefficient (Wildman–Crippen LogP) is 2.17. The lowest BCUT2D eigenvalue weighted by Gasteiger charge is -2.23. The molecule has 2 aliphatic rings. The minimum atomic E-state index is -3.81. The molecular weight excluding hydrogens is 410 g/mol. The first-order valence-corrected chi connectivity index (χ1v) is 12.1. The normalized spacial score (nSPS) is 21.3. The van der Waals surface area contributed by atoms with E-state index < -0.39 is 20.0 Å². The highest BCUT2D eigenvalue weighted by atomic mass is 35.5. The number of amidine groups is 1. The maximum absolute atomic E-state index is 12.7. The summed E-state index contributed by atoms with van der Waals surface area (Å²) in [6.45, 7) is 5.06. The third kappa shape index (κ3) is 4.06. The second kappa shape index (κ2) is 7.54. The first-order chi connectivity index (χ1) is 12.7. The Morgan fingerprint density at radius 2 is 1.78 bits per heavy atom. The van der Waals surface area contributed by atoms with Gasteiger partial charge in [0, 0.05) is 36.8 Å². The summed E-state index contributed by atoms with van der Waals surface area (Å²) in [6, 6.07) is 6.61. The van der Waals surface area contributed by atoms with Crippen molar-refractivity contribution in [1.82, 2.24) is 9.21 Å². The Hall–Kier alpha value is -1.42. The summed E-state index contributed by atoms with van der Waals surface area (Å²) in [5.41, 5.74) is 1.12. The van der Waals surface area contributed by atoms with Crippen LogP contribution in [-0.2, 0) is 20.0 Å². The number of rotatable bonds is 3. The SMILES string of the molecule is CCS(=O)(=O)N1CCCN(C2=NS(=O)(=O)C(c3ccc(Cl)cc3)=C2C)CC1. The molecule has 3 rings (SSSR count). The lowest BCUT2D eigenvalue weighted by molar-refractivity contribution is 0.408. The highest BCUT2D eigenvalue weighted by Crippen LogP contribution is 2.34. The number of nitrogens with zero attached hydrogens (tertiary/aromatic N) is 3. The maximum atomic E-state index is 12.7. The van der Waals surface area contributed by atoms with Crippen molar-refractivity contribution >= 4 is 42.4 Å². The van der Waals surface area contributed by atoms with E-state index in [0.29, 0.717) is 54.6 Å². The Morgan fingerprint density at radius 1 is 1.11 bits per heavy atom. The molecule has 0 radical (unpaired) electrons. The van der Waals surface area contributed by atoms with E-state index in [1.54, 1.807) is 38.1 Å². The standard InChI is InChI=1S/C17H22ClN3O4S2/c1-3-26(22,23)21-10-4-9-20(11-12-21)17-13(2)16(27(24,25)19-17)14-5-7-15(18)8-6-14/h5-8H,3-4,9-12H2,1-2H3. The average molecular weight is 432 g/mol. The van der Waals surface area contributed by atoms with Crippen LogP contribution in [0.3, 0.4) is 0 Å². The van der Waals surface area contributed by atoms with Gasteiger partial charge in [-0.25, -0.2) is 12.7 Å². The lowest BCUT2D eigenvalue weighted by atomic mass is 10.1. The molecule has 10 heteroatoms. The van der Waals surface area contributed by atoms with E-state index >= 15 is 0 Å². The summed E-state index contributed by atoms with van der Waals surface area (Å²) in [5, 5.41) is 0.526. The molecule has 2 aliphatic heterocycles. The van der Waals surface area contributed by atoms with Crippen molar-refractivity contribution in [2.75, 3.05) is 31.9 Å². The molecular formula is C17H22ClN3O4S2. The van der Waals surface area contributed by atoms with Gasteiger partial charge in [0.2, 0.25) is 10.0 Å². The molecule has 7 nitrogen and oxygen atoms in total. The van der Waals surface area contributed by atoms with Gasteiger partial charge < -0.3 is 4.90 Å². The zero-order valence-electron chi connectivity index (χ0n) is 15.2. The molecule has 2 heterocycles. The largest absolute Gasteiger partial charge is 0.354 e. The van der Waals surface area contributed by atoms with Crippen LogP contribution in [0.15, 0.2) is 34.2 Å². The molecule has 0 unspecified atom stereocenters. The minimum absolute atomic E-state index is 0.0575. The molecule has 0 saturated carbocycles. The van der Waals surface area contributed by atoms with Crippen LogP contribution in [0.4, 0.5) is 0 Å². The second-order valence-electron chi connectivity index (χ2n) is 6.49. The molecule has 1 aromatic carbocycles. The summed E-state index contributed by atoms with van der Waals surface area (Å²) < 4.78 is 55.0. The fourth-order valence-corrected chi connectivity index (χ4v) is 6.09. The molecule has 1 aromatic rings. The molecule has 0 spiro atoms. The Bertz CT molecular complexity index is 999. The Balaban J connectivity index is 1.90. The number of benzene rings is 1. The molecule has 0 bridgehead atoms. The van der Waals surface area contributed by atoms with Crippen molar-refractivity contribution in [3.63, 3.8) is 0 Å². The van der Waals surface area contributed by atoms with E-state index in [9.17, 15) is 16.8 Å². The third-order valence-corrected chi connectivity index (χ3v) is 8.36. The van der Waals surface area contributed by atoms with Crippen LogP contribution in [-0.4, -0.2) is 63.8 Å². The summed E-state index contributed by atoms with van der Waals surface area (Å²) in [4.78, 5) is 2.04. The average Bonchev–Trinajstić information content (AvgIpc) is 2.79. The summed E-state index contributed by atoms with van der Waals surface area (Å²) >= 11 is 5.90.